The third-order valence-corrected chi connectivity index (χ3v) is 4.13. The first kappa shape index (κ1) is 15.7. The molecule has 0 fully saturated rings. The van der Waals surface area contributed by atoms with Crippen molar-refractivity contribution in [3.05, 3.63) is 29.3 Å². The molecule has 1 aromatic carbocycles. The molecule has 1 aromatic rings. The Morgan fingerprint density at radius 1 is 1.53 bits per heavy atom. The number of halogens is 1. The van der Waals surface area contributed by atoms with Gasteiger partial charge in [0.25, 0.3) is 0 Å². The van der Waals surface area contributed by atoms with Crippen LogP contribution in [0.1, 0.15) is 12.8 Å². The Hall–Kier alpha value is -1.38. The lowest BCUT2D eigenvalue weighted by Gasteiger charge is -2.15. The van der Waals surface area contributed by atoms with E-state index in [2.05, 4.69) is 0 Å². The normalized spacial score (nSPS) is 11.6. The molecule has 0 heterocycles. The highest BCUT2D eigenvalue weighted by Crippen LogP contribution is 2.14. The molecule has 0 saturated heterocycles. The summed E-state index contributed by atoms with van der Waals surface area (Å²) in [5, 5.41) is 8.97. The van der Waals surface area contributed by atoms with Crippen LogP contribution in [0.25, 0.3) is 0 Å². The molecular formula is C13H15ClN2O2S. The fraction of sp³-hybridized carbons (Fsp3) is 0.385. The van der Waals surface area contributed by atoms with Crippen molar-refractivity contribution in [1.29, 1.82) is 5.26 Å². The molecule has 0 N–H and O–H groups in total. The van der Waals surface area contributed by atoms with Crippen molar-refractivity contribution in [1.82, 2.24) is 4.90 Å². The lowest BCUT2D eigenvalue weighted by Crippen LogP contribution is -2.28. The molecule has 1 amide bonds. The highest BCUT2D eigenvalue weighted by atomic mass is 35.5. The van der Waals surface area contributed by atoms with Crippen LogP contribution in [0.15, 0.2) is 29.2 Å². The van der Waals surface area contributed by atoms with Gasteiger partial charge in [0, 0.05) is 35.7 Å². The average molecular weight is 299 g/mol. The second-order valence-corrected chi connectivity index (χ2v) is 5.99. The fourth-order valence-electron chi connectivity index (χ4n) is 1.44. The maximum atomic E-state index is 12.0. The minimum absolute atomic E-state index is 0.106. The van der Waals surface area contributed by atoms with Crippen molar-refractivity contribution in [2.24, 2.45) is 0 Å². The van der Waals surface area contributed by atoms with Crippen molar-refractivity contribution in [3.8, 4) is 6.07 Å². The predicted molar refractivity (Wildman–Crippen MR) is 75.2 cm³/mol. The van der Waals surface area contributed by atoms with E-state index in [0.717, 1.165) is 0 Å². The summed E-state index contributed by atoms with van der Waals surface area (Å²) in [5.74, 6) is 0.154. The Balaban J connectivity index is 2.46. The van der Waals surface area contributed by atoms with Gasteiger partial charge in [-0.25, -0.2) is 0 Å². The molecule has 0 aliphatic rings. The van der Waals surface area contributed by atoms with Crippen LogP contribution in [0.3, 0.4) is 0 Å². The summed E-state index contributed by atoms with van der Waals surface area (Å²) < 4.78 is 12.0. The quantitative estimate of drug-likeness (QED) is 0.809. The van der Waals surface area contributed by atoms with Gasteiger partial charge in [-0.3, -0.25) is 9.00 Å². The van der Waals surface area contributed by atoms with Crippen LogP contribution in [-0.4, -0.2) is 34.4 Å². The van der Waals surface area contributed by atoms with Gasteiger partial charge in [0.1, 0.15) is 0 Å². The lowest BCUT2D eigenvalue weighted by molar-refractivity contribution is -0.129. The highest BCUT2D eigenvalue weighted by Gasteiger charge is 2.11. The largest absolute Gasteiger partial charge is 0.345 e. The van der Waals surface area contributed by atoms with E-state index in [9.17, 15) is 9.00 Å². The Kier molecular flexibility index (Phi) is 6.54. The minimum atomic E-state index is -1.23. The van der Waals surface area contributed by atoms with Gasteiger partial charge in [-0.1, -0.05) is 17.7 Å². The summed E-state index contributed by atoms with van der Waals surface area (Å²) in [5.41, 5.74) is 0. The number of hydrogen-bond donors (Lipinski definition) is 0. The first-order chi connectivity index (χ1) is 9.04. The van der Waals surface area contributed by atoms with Crippen LogP contribution in [-0.2, 0) is 15.6 Å². The van der Waals surface area contributed by atoms with E-state index in [1.807, 2.05) is 6.07 Å². The minimum Gasteiger partial charge on any atom is -0.345 e. The van der Waals surface area contributed by atoms with Gasteiger partial charge >= 0.3 is 0 Å². The summed E-state index contributed by atoms with van der Waals surface area (Å²) in [7, 11) is 0.407. The molecule has 0 saturated carbocycles. The number of nitrogens with zero attached hydrogens (tertiary/aromatic N) is 2. The monoisotopic (exact) mass is 298 g/mol. The molecule has 6 heteroatoms. The molecule has 102 valence electrons. The summed E-state index contributed by atoms with van der Waals surface area (Å²) >= 11 is 5.82. The molecular weight excluding hydrogens is 284 g/mol. The number of hydrogen-bond acceptors (Lipinski definition) is 3. The first-order valence-corrected chi connectivity index (χ1v) is 7.49. The number of amides is 1. The number of carbonyl (C=O) groups is 1. The Bertz CT molecular complexity index is 514. The SMILES string of the molecule is CN(CCC#N)C(=O)CCS(=O)c1cccc(Cl)c1. The van der Waals surface area contributed by atoms with Crippen LogP contribution < -0.4 is 0 Å². The van der Waals surface area contributed by atoms with E-state index >= 15 is 0 Å². The van der Waals surface area contributed by atoms with E-state index in [-0.39, 0.29) is 18.1 Å². The Morgan fingerprint density at radius 3 is 2.89 bits per heavy atom. The van der Waals surface area contributed by atoms with Gasteiger partial charge in [-0.05, 0) is 18.2 Å². The predicted octanol–water partition coefficient (Wildman–Crippen LogP) is 2.21. The second kappa shape index (κ2) is 7.93. The van der Waals surface area contributed by atoms with Crippen molar-refractivity contribution >= 4 is 28.3 Å². The van der Waals surface area contributed by atoms with Crippen LogP contribution >= 0.6 is 11.6 Å². The van der Waals surface area contributed by atoms with Gasteiger partial charge in [0.15, 0.2) is 0 Å². The van der Waals surface area contributed by atoms with Crippen molar-refractivity contribution < 1.29 is 9.00 Å². The van der Waals surface area contributed by atoms with E-state index in [4.69, 9.17) is 16.9 Å². The van der Waals surface area contributed by atoms with Crippen molar-refractivity contribution in [3.63, 3.8) is 0 Å². The molecule has 4 nitrogen and oxygen atoms in total. The third kappa shape index (κ3) is 5.41. The summed E-state index contributed by atoms with van der Waals surface area (Å²) in [6.45, 7) is 0.402. The maximum Gasteiger partial charge on any atom is 0.223 e. The van der Waals surface area contributed by atoms with E-state index in [1.54, 1.807) is 31.3 Å². The summed E-state index contributed by atoms with van der Waals surface area (Å²) in [6.07, 6.45) is 0.501. The van der Waals surface area contributed by atoms with Gasteiger partial charge in [-0.2, -0.15) is 5.26 Å². The van der Waals surface area contributed by atoms with Gasteiger partial charge in [-0.15, -0.1) is 0 Å². The van der Waals surface area contributed by atoms with Crippen LogP contribution in [0.5, 0.6) is 0 Å². The lowest BCUT2D eigenvalue weighted by atomic mass is 10.3. The molecule has 1 atom stereocenters. The smallest absolute Gasteiger partial charge is 0.223 e. The molecule has 1 unspecified atom stereocenters. The average Bonchev–Trinajstić information content (AvgIpc) is 2.41. The van der Waals surface area contributed by atoms with Gasteiger partial charge in [0.2, 0.25) is 5.91 Å². The molecule has 0 aliphatic carbocycles. The first-order valence-electron chi connectivity index (χ1n) is 5.79. The van der Waals surface area contributed by atoms with Crippen LogP contribution in [0, 0.1) is 11.3 Å². The molecule has 0 aliphatic heterocycles. The topological polar surface area (TPSA) is 61.2 Å². The van der Waals surface area contributed by atoms with Crippen LogP contribution in [0.4, 0.5) is 0 Å². The van der Waals surface area contributed by atoms with Gasteiger partial charge < -0.3 is 4.90 Å². The van der Waals surface area contributed by atoms with Crippen molar-refractivity contribution in [2.45, 2.75) is 17.7 Å². The fourth-order valence-corrected chi connectivity index (χ4v) is 2.78. The van der Waals surface area contributed by atoms with E-state index < -0.39 is 10.8 Å². The maximum absolute atomic E-state index is 12.0. The van der Waals surface area contributed by atoms with Crippen molar-refractivity contribution in [2.75, 3.05) is 19.3 Å². The van der Waals surface area contributed by atoms with Crippen LogP contribution in [0.2, 0.25) is 5.02 Å². The zero-order chi connectivity index (χ0) is 14.3. The molecule has 0 bridgehead atoms. The molecule has 19 heavy (non-hydrogen) atoms. The number of nitriles is 1. The molecule has 0 aromatic heterocycles. The van der Waals surface area contributed by atoms with E-state index in [0.29, 0.717) is 22.9 Å². The Labute approximate surface area is 120 Å². The van der Waals surface area contributed by atoms with E-state index in [1.165, 1.54) is 4.90 Å². The summed E-state index contributed by atoms with van der Waals surface area (Å²) in [4.78, 5) is 13.8. The number of benzene rings is 1. The Morgan fingerprint density at radius 2 is 2.26 bits per heavy atom. The second-order valence-electron chi connectivity index (χ2n) is 3.98. The summed E-state index contributed by atoms with van der Waals surface area (Å²) in [6, 6.07) is 8.79. The molecule has 1 rings (SSSR count). The van der Waals surface area contributed by atoms with Gasteiger partial charge in [0.05, 0.1) is 23.3 Å². The number of carbonyl (C=O) groups excluding carboxylic acids is 1. The zero-order valence-corrected chi connectivity index (χ0v) is 12.2. The zero-order valence-electron chi connectivity index (χ0n) is 10.6. The third-order valence-electron chi connectivity index (χ3n) is 2.55. The molecule has 0 radical (unpaired) electrons. The number of rotatable bonds is 6. The standard InChI is InChI=1S/C13H15ClN2O2S/c1-16(8-3-7-15)13(17)6-9-19(18)12-5-2-4-11(14)10-12/h2,4-5,10H,3,6,8-9H2,1H3. The molecule has 0 spiro atoms. The highest BCUT2D eigenvalue weighted by molar-refractivity contribution is 7.85.